The Morgan fingerprint density at radius 3 is 1.88 bits per heavy atom. The van der Waals surface area contributed by atoms with Crippen LogP contribution in [0, 0.1) is 0 Å². The molecule has 12 heteroatoms. The number of carboxylic acid groups (broad SMARTS) is 1. The Morgan fingerprint density at radius 2 is 1.46 bits per heavy atom. The van der Waals surface area contributed by atoms with Crippen LogP contribution in [0.15, 0.2) is 0 Å². The van der Waals surface area contributed by atoms with Crippen molar-refractivity contribution >= 4 is 42.2 Å². The maximum absolute atomic E-state index is 12.4. The Bertz CT molecular complexity index is 556. The molecule has 0 spiro atoms. The fraction of sp³-hybridized carbons (Fsp3) is 0.643. The van der Waals surface area contributed by atoms with Crippen LogP contribution in [0.3, 0.4) is 0 Å². The van der Waals surface area contributed by atoms with Crippen LogP contribution in [0.2, 0.25) is 0 Å². The Kier molecular flexibility index (Phi) is 10.3. The molecule has 4 amide bonds. The van der Waals surface area contributed by atoms with Gasteiger partial charge in [-0.2, -0.15) is 12.6 Å². The number of amides is 4. The molecular formula is C14H25N5O6S. The zero-order valence-corrected chi connectivity index (χ0v) is 15.4. The number of thiol groups is 1. The normalized spacial score (nSPS) is 15.1. The molecule has 0 radical (unpaired) electrons. The third-order valence-electron chi connectivity index (χ3n) is 3.27. The Hall–Kier alpha value is -2.34. The summed E-state index contributed by atoms with van der Waals surface area (Å²) in [5, 5.41) is 15.7. The van der Waals surface area contributed by atoms with E-state index in [2.05, 4.69) is 28.6 Å². The fourth-order valence-electron chi connectivity index (χ4n) is 1.70. The molecule has 0 aromatic carbocycles. The summed E-state index contributed by atoms with van der Waals surface area (Å²) < 4.78 is 0. The number of carbonyl (C=O) groups excluding carboxylic acids is 4. The van der Waals surface area contributed by atoms with Gasteiger partial charge in [0.2, 0.25) is 23.6 Å². The molecular weight excluding hydrogens is 366 g/mol. The minimum Gasteiger partial charge on any atom is -0.480 e. The highest BCUT2D eigenvalue weighted by Crippen LogP contribution is 2.01. The first kappa shape index (κ1) is 23.7. The first-order valence-electron chi connectivity index (χ1n) is 7.78. The standard InChI is InChI=1S/C14H25N5O6S/c1-6(15)11(21)18-8(3-4-10(16)20)12(22)19-9(5-26)13(23)17-7(2)14(24)25/h6-9,26H,3-5,15H2,1-2H3,(H2,16,20)(H,17,23)(H,18,21)(H,19,22)(H,24,25). The predicted molar refractivity (Wildman–Crippen MR) is 95.0 cm³/mol. The number of nitrogens with two attached hydrogens (primary N) is 2. The van der Waals surface area contributed by atoms with Crippen LogP contribution >= 0.6 is 12.6 Å². The lowest BCUT2D eigenvalue weighted by Gasteiger charge is -2.23. The highest BCUT2D eigenvalue weighted by Gasteiger charge is 2.28. The van der Waals surface area contributed by atoms with Gasteiger partial charge in [0.25, 0.3) is 0 Å². The first-order chi connectivity index (χ1) is 12.0. The maximum atomic E-state index is 12.4. The highest BCUT2D eigenvalue weighted by atomic mass is 32.1. The van der Waals surface area contributed by atoms with Crippen molar-refractivity contribution in [3.8, 4) is 0 Å². The van der Waals surface area contributed by atoms with Gasteiger partial charge in [0.15, 0.2) is 0 Å². The largest absolute Gasteiger partial charge is 0.480 e. The number of primary amides is 1. The van der Waals surface area contributed by atoms with Gasteiger partial charge in [-0.15, -0.1) is 0 Å². The van der Waals surface area contributed by atoms with E-state index in [0.29, 0.717) is 0 Å². The van der Waals surface area contributed by atoms with Gasteiger partial charge in [-0.05, 0) is 20.3 Å². The van der Waals surface area contributed by atoms with Crippen LogP contribution < -0.4 is 27.4 Å². The summed E-state index contributed by atoms with van der Waals surface area (Å²) in [6, 6.07) is -4.34. The van der Waals surface area contributed by atoms with Gasteiger partial charge in [-0.25, -0.2) is 0 Å². The van der Waals surface area contributed by atoms with Gasteiger partial charge in [0.1, 0.15) is 18.1 Å². The maximum Gasteiger partial charge on any atom is 0.325 e. The summed E-state index contributed by atoms with van der Waals surface area (Å²) >= 11 is 3.96. The third-order valence-corrected chi connectivity index (χ3v) is 3.64. The van der Waals surface area contributed by atoms with E-state index in [1.165, 1.54) is 13.8 Å². The van der Waals surface area contributed by atoms with E-state index in [4.69, 9.17) is 16.6 Å². The third kappa shape index (κ3) is 8.67. The average Bonchev–Trinajstić information content (AvgIpc) is 2.54. The quantitative estimate of drug-likeness (QED) is 0.183. The lowest BCUT2D eigenvalue weighted by Crippen LogP contribution is -2.57. The summed E-state index contributed by atoms with van der Waals surface area (Å²) in [5.41, 5.74) is 10.5. The molecule has 0 saturated heterocycles. The second-order valence-electron chi connectivity index (χ2n) is 5.67. The summed E-state index contributed by atoms with van der Waals surface area (Å²) in [6.45, 7) is 2.67. The van der Waals surface area contributed by atoms with Crippen molar-refractivity contribution in [2.24, 2.45) is 11.5 Å². The molecule has 0 aliphatic carbocycles. The molecule has 0 fully saturated rings. The van der Waals surface area contributed by atoms with E-state index in [-0.39, 0.29) is 18.6 Å². The van der Waals surface area contributed by atoms with Gasteiger partial charge in [-0.3, -0.25) is 24.0 Å². The number of carbonyl (C=O) groups is 5. The molecule has 0 aliphatic rings. The molecule has 0 aromatic rings. The average molecular weight is 391 g/mol. The van der Waals surface area contributed by atoms with E-state index in [1.54, 1.807) is 0 Å². The lowest BCUT2D eigenvalue weighted by atomic mass is 10.1. The molecule has 4 atom stereocenters. The van der Waals surface area contributed by atoms with Crippen molar-refractivity contribution in [1.82, 2.24) is 16.0 Å². The Morgan fingerprint density at radius 1 is 0.962 bits per heavy atom. The number of nitrogens with one attached hydrogen (secondary N) is 3. The van der Waals surface area contributed by atoms with Crippen molar-refractivity contribution in [1.29, 1.82) is 0 Å². The van der Waals surface area contributed by atoms with E-state index >= 15 is 0 Å². The SMILES string of the molecule is CC(N)C(=O)NC(CCC(N)=O)C(=O)NC(CS)C(=O)NC(C)C(=O)O. The molecule has 0 rings (SSSR count). The molecule has 0 bridgehead atoms. The molecule has 8 N–H and O–H groups in total. The second-order valence-corrected chi connectivity index (χ2v) is 6.03. The molecule has 0 aliphatic heterocycles. The van der Waals surface area contributed by atoms with Gasteiger partial charge in [0.05, 0.1) is 6.04 Å². The van der Waals surface area contributed by atoms with Gasteiger partial charge >= 0.3 is 5.97 Å². The minimum absolute atomic E-state index is 0.0912. The molecule has 26 heavy (non-hydrogen) atoms. The number of hydrogen-bond acceptors (Lipinski definition) is 7. The monoisotopic (exact) mass is 391 g/mol. The zero-order valence-electron chi connectivity index (χ0n) is 14.5. The molecule has 11 nitrogen and oxygen atoms in total. The second kappa shape index (κ2) is 11.3. The summed E-state index contributed by atoms with van der Waals surface area (Å²) in [6.07, 6.45) is -0.267. The van der Waals surface area contributed by atoms with Crippen LogP contribution in [0.5, 0.6) is 0 Å². The van der Waals surface area contributed by atoms with Crippen LogP contribution in [0.1, 0.15) is 26.7 Å². The van der Waals surface area contributed by atoms with Crippen molar-refractivity contribution in [2.45, 2.75) is 50.9 Å². The van der Waals surface area contributed by atoms with Gasteiger partial charge in [0, 0.05) is 12.2 Å². The zero-order chi connectivity index (χ0) is 20.4. The first-order valence-corrected chi connectivity index (χ1v) is 8.41. The van der Waals surface area contributed by atoms with E-state index in [1.807, 2.05) is 0 Å². The van der Waals surface area contributed by atoms with Gasteiger partial charge in [-0.1, -0.05) is 0 Å². The lowest BCUT2D eigenvalue weighted by molar-refractivity contribution is -0.141. The topological polar surface area (TPSA) is 194 Å². The highest BCUT2D eigenvalue weighted by molar-refractivity contribution is 7.80. The van der Waals surface area contributed by atoms with Crippen molar-refractivity contribution < 1.29 is 29.1 Å². The van der Waals surface area contributed by atoms with E-state index in [0.717, 1.165) is 0 Å². The number of aliphatic carboxylic acids is 1. The van der Waals surface area contributed by atoms with Crippen LogP contribution in [-0.2, 0) is 24.0 Å². The van der Waals surface area contributed by atoms with Gasteiger partial charge < -0.3 is 32.5 Å². The van der Waals surface area contributed by atoms with Crippen LogP contribution in [0.4, 0.5) is 0 Å². The fourth-order valence-corrected chi connectivity index (χ4v) is 1.96. The van der Waals surface area contributed by atoms with E-state index < -0.39 is 53.8 Å². The van der Waals surface area contributed by atoms with Crippen molar-refractivity contribution in [2.75, 3.05) is 5.75 Å². The molecule has 148 valence electrons. The summed E-state index contributed by atoms with van der Waals surface area (Å²) in [5.74, 6) is -4.16. The number of hydrogen-bond donors (Lipinski definition) is 7. The van der Waals surface area contributed by atoms with Crippen LogP contribution in [-0.4, -0.2) is 64.6 Å². The summed E-state index contributed by atoms with van der Waals surface area (Å²) in [7, 11) is 0. The molecule has 0 saturated carbocycles. The summed E-state index contributed by atoms with van der Waals surface area (Å²) in [4.78, 5) is 57.8. The van der Waals surface area contributed by atoms with Crippen molar-refractivity contribution in [3.05, 3.63) is 0 Å². The number of carboxylic acids is 1. The Labute approximate surface area is 156 Å². The number of rotatable bonds is 11. The molecule has 4 unspecified atom stereocenters. The molecule has 0 heterocycles. The smallest absolute Gasteiger partial charge is 0.325 e. The van der Waals surface area contributed by atoms with E-state index in [9.17, 15) is 24.0 Å². The molecule has 0 aromatic heterocycles. The minimum atomic E-state index is -1.24. The predicted octanol–water partition coefficient (Wildman–Crippen LogP) is -2.91. The van der Waals surface area contributed by atoms with Crippen LogP contribution in [0.25, 0.3) is 0 Å². The van der Waals surface area contributed by atoms with Crippen molar-refractivity contribution in [3.63, 3.8) is 0 Å². The Balaban J connectivity index is 5.04.